The largest absolute Gasteiger partial charge is 0.474 e. The van der Waals surface area contributed by atoms with Crippen molar-refractivity contribution in [3.8, 4) is 17.0 Å². The zero-order valence-electron chi connectivity index (χ0n) is 20.2. The standard InChI is InChI=1S/C26H29N7O2/c1-26(2)24(34)31-23-22(35-26)12-16(13-28-23)21-10-11-27-25(30-21)29-17-4-6-18(7-5-17)33-14-19-8-9-20(15-33)32(19)3/h4-7,10-13,19-20H,8-9,14-15H2,1-3H3,(H,27,29,30)(H,28,31,34). The third kappa shape index (κ3) is 4.05. The number of carbonyl (C=O) groups is 1. The van der Waals surface area contributed by atoms with E-state index in [-0.39, 0.29) is 5.91 Å². The van der Waals surface area contributed by atoms with E-state index in [4.69, 9.17) is 4.74 Å². The summed E-state index contributed by atoms with van der Waals surface area (Å²) in [5, 5.41) is 6.09. The van der Waals surface area contributed by atoms with Gasteiger partial charge in [-0.15, -0.1) is 0 Å². The number of rotatable bonds is 4. The molecule has 6 rings (SSSR count). The van der Waals surface area contributed by atoms with Crippen molar-refractivity contribution in [1.82, 2.24) is 19.9 Å². The van der Waals surface area contributed by atoms with E-state index in [1.54, 1.807) is 26.2 Å². The maximum Gasteiger partial charge on any atom is 0.269 e. The first-order valence-electron chi connectivity index (χ1n) is 12.0. The fourth-order valence-electron chi connectivity index (χ4n) is 5.12. The van der Waals surface area contributed by atoms with Gasteiger partial charge >= 0.3 is 0 Å². The van der Waals surface area contributed by atoms with Gasteiger partial charge in [0.25, 0.3) is 5.91 Å². The summed E-state index contributed by atoms with van der Waals surface area (Å²) < 4.78 is 5.86. The van der Waals surface area contributed by atoms with Gasteiger partial charge in [-0.2, -0.15) is 0 Å². The van der Waals surface area contributed by atoms with Gasteiger partial charge in [-0.05, 0) is 70.1 Å². The van der Waals surface area contributed by atoms with Gasteiger partial charge in [-0.1, -0.05) is 0 Å². The Balaban J connectivity index is 1.17. The summed E-state index contributed by atoms with van der Waals surface area (Å²) in [5.74, 6) is 1.22. The summed E-state index contributed by atoms with van der Waals surface area (Å²) in [7, 11) is 2.26. The first-order valence-corrected chi connectivity index (χ1v) is 12.0. The lowest BCUT2D eigenvalue weighted by molar-refractivity contribution is -0.129. The van der Waals surface area contributed by atoms with Crippen LogP contribution in [0.4, 0.5) is 23.1 Å². The van der Waals surface area contributed by atoms with Crippen molar-refractivity contribution in [2.24, 2.45) is 0 Å². The second kappa shape index (κ2) is 8.20. The van der Waals surface area contributed by atoms with Crippen LogP contribution in [0.25, 0.3) is 11.3 Å². The van der Waals surface area contributed by atoms with Crippen LogP contribution in [0.15, 0.2) is 48.8 Å². The summed E-state index contributed by atoms with van der Waals surface area (Å²) in [6.07, 6.45) is 5.97. The van der Waals surface area contributed by atoms with Crippen LogP contribution in [0.1, 0.15) is 26.7 Å². The Labute approximate surface area is 204 Å². The molecule has 35 heavy (non-hydrogen) atoms. The first kappa shape index (κ1) is 21.8. The van der Waals surface area contributed by atoms with Gasteiger partial charge in [0.2, 0.25) is 5.95 Å². The van der Waals surface area contributed by atoms with E-state index >= 15 is 0 Å². The minimum atomic E-state index is -0.957. The number of likely N-dealkylation sites (N-methyl/N-ethyl adjacent to an activating group) is 1. The predicted octanol–water partition coefficient (Wildman–Crippen LogP) is 3.67. The molecule has 2 atom stereocenters. The van der Waals surface area contributed by atoms with Crippen molar-refractivity contribution in [2.45, 2.75) is 44.4 Å². The van der Waals surface area contributed by atoms with Crippen molar-refractivity contribution in [2.75, 3.05) is 35.7 Å². The minimum absolute atomic E-state index is 0.218. The molecule has 180 valence electrons. The number of aromatic nitrogens is 3. The van der Waals surface area contributed by atoms with E-state index in [0.29, 0.717) is 35.3 Å². The number of hydrogen-bond donors (Lipinski definition) is 2. The predicted molar refractivity (Wildman–Crippen MR) is 135 cm³/mol. The van der Waals surface area contributed by atoms with Crippen LogP contribution in [0.3, 0.4) is 0 Å². The molecule has 2 bridgehead atoms. The van der Waals surface area contributed by atoms with Crippen molar-refractivity contribution in [1.29, 1.82) is 0 Å². The molecule has 1 amide bonds. The number of piperazine rings is 1. The number of carbonyl (C=O) groups excluding carboxylic acids is 1. The number of fused-ring (bicyclic) bond motifs is 3. The molecule has 9 nitrogen and oxygen atoms in total. The van der Waals surface area contributed by atoms with Crippen LogP contribution in [0, 0.1) is 0 Å². The normalized spacial score (nSPS) is 22.8. The molecule has 0 saturated carbocycles. The van der Waals surface area contributed by atoms with Gasteiger partial charge in [0.15, 0.2) is 17.2 Å². The summed E-state index contributed by atoms with van der Waals surface area (Å²) >= 11 is 0. The average Bonchev–Trinajstić information content (AvgIpc) is 3.04. The van der Waals surface area contributed by atoms with Crippen molar-refractivity contribution >= 4 is 29.0 Å². The lowest BCUT2D eigenvalue weighted by atomic mass is 10.1. The molecule has 0 aliphatic carbocycles. The molecular weight excluding hydrogens is 442 g/mol. The Kier molecular flexibility index (Phi) is 5.10. The maximum atomic E-state index is 12.1. The topological polar surface area (TPSA) is 95.5 Å². The molecule has 5 heterocycles. The second-order valence-corrected chi connectivity index (χ2v) is 10.0. The summed E-state index contributed by atoms with van der Waals surface area (Å²) in [6.45, 7) is 5.63. The Hall–Kier alpha value is -3.72. The minimum Gasteiger partial charge on any atom is -0.474 e. The summed E-state index contributed by atoms with van der Waals surface area (Å²) in [5.41, 5.74) is 2.72. The molecule has 1 aromatic carbocycles. The van der Waals surface area contributed by atoms with Crippen molar-refractivity contribution in [3.05, 3.63) is 48.8 Å². The van der Waals surface area contributed by atoms with Crippen LogP contribution in [0.2, 0.25) is 0 Å². The Bertz CT molecular complexity index is 1260. The highest BCUT2D eigenvalue weighted by molar-refractivity contribution is 5.99. The van der Waals surface area contributed by atoms with Gasteiger partial charge in [0, 0.05) is 54.5 Å². The van der Waals surface area contributed by atoms with Crippen molar-refractivity contribution < 1.29 is 9.53 Å². The van der Waals surface area contributed by atoms with E-state index in [9.17, 15) is 4.79 Å². The monoisotopic (exact) mass is 471 g/mol. The highest BCUT2D eigenvalue weighted by atomic mass is 16.5. The van der Waals surface area contributed by atoms with Crippen molar-refractivity contribution in [3.63, 3.8) is 0 Å². The van der Waals surface area contributed by atoms with E-state index in [1.165, 1.54) is 18.5 Å². The van der Waals surface area contributed by atoms with E-state index in [1.807, 2.05) is 12.1 Å². The molecular formula is C26H29N7O2. The van der Waals surface area contributed by atoms with Gasteiger partial charge in [-0.3, -0.25) is 9.69 Å². The highest BCUT2D eigenvalue weighted by Crippen LogP contribution is 2.35. The molecule has 9 heteroatoms. The van der Waals surface area contributed by atoms with Crippen LogP contribution in [-0.2, 0) is 4.79 Å². The fraction of sp³-hybridized carbons (Fsp3) is 0.385. The highest BCUT2D eigenvalue weighted by Gasteiger charge is 2.38. The number of pyridine rings is 1. The van der Waals surface area contributed by atoms with Crippen LogP contribution >= 0.6 is 0 Å². The molecule has 2 saturated heterocycles. The fourth-order valence-corrected chi connectivity index (χ4v) is 5.12. The van der Waals surface area contributed by atoms with Gasteiger partial charge in [-0.25, -0.2) is 15.0 Å². The molecule has 0 radical (unpaired) electrons. The lowest BCUT2D eigenvalue weighted by Crippen LogP contribution is -2.51. The Morgan fingerprint density at radius 2 is 1.83 bits per heavy atom. The quantitative estimate of drug-likeness (QED) is 0.595. The SMILES string of the molecule is CN1C2CCC1CN(c1ccc(Nc3nccc(-c4cnc5c(c4)OC(C)(C)C(=O)N5)n3)cc1)C2. The zero-order valence-corrected chi connectivity index (χ0v) is 20.2. The summed E-state index contributed by atoms with van der Waals surface area (Å²) in [4.78, 5) is 30.5. The van der Waals surface area contributed by atoms with Crippen LogP contribution < -0.4 is 20.3 Å². The Morgan fingerprint density at radius 1 is 1.09 bits per heavy atom. The van der Waals surface area contributed by atoms with E-state index in [2.05, 4.69) is 66.7 Å². The number of hydrogen-bond acceptors (Lipinski definition) is 8. The zero-order chi connectivity index (χ0) is 24.2. The van der Waals surface area contributed by atoms with E-state index < -0.39 is 5.60 Å². The van der Waals surface area contributed by atoms with E-state index in [0.717, 1.165) is 24.3 Å². The average molecular weight is 472 g/mol. The van der Waals surface area contributed by atoms with Crippen LogP contribution in [0.5, 0.6) is 5.75 Å². The number of nitrogens with zero attached hydrogens (tertiary/aromatic N) is 5. The first-order chi connectivity index (χ1) is 16.9. The lowest BCUT2D eigenvalue weighted by Gasteiger charge is -2.40. The Morgan fingerprint density at radius 3 is 2.57 bits per heavy atom. The molecule has 3 aliphatic heterocycles. The molecule has 3 aliphatic rings. The molecule has 0 spiro atoms. The second-order valence-electron chi connectivity index (χ2n) is 10.0. The number of amides is 1. The van der Waals surface area contributed by atoms with Gasteiger partial charge in [0.1, 0.15) is 0 Å². The maximum absolute atomic E-state index is 12.1. The molecule has 3 aromatic rings. The number of ether oxygens (including phenoxy) is 1. The molecule has 2 unspecified atom stereocenters. The van der Waals surface area contributed by atoms with Crippen LogP contribution in [-0.4, -0.2) is 63.6 Å². The summed E-state index contributed by atoms with van der Waals surface area (Å²) in [6, 6.07) is 13.5. The third-order valence-corrected chi connectivity index (χ3v) is 7.28. The number of benzene rings is 1. The third-order valence-electron chi connectivity index (χ3n) is 7.28. The van der Waals surface area contributed by atoms with Gasteiger partial charge < -0.3 is 20.3 Å². The molecule has 2 aromatic heterocycles. The number of anilines is 4. The van der Waals surface area contributed by atoms with Gasteiger partial charge in [0.05, 0.1) is 5.69 Å². The molecule has 2 N–H and O–H groups in total. The number of nitrogens with one attached hydrogen (secondary N) is 2. The smallest absolute Gasteiger partial charge is 0.269 e. The molecule has 2 fully saturated rings.